The molecule has 8 heteroatoms. The molecule has 3 rings (SSSR count). The molecule has 1 aliphatic heterocycles. The number of nitrogens with one attached hydrogen (secondary N) is 2. The largest absolute Gasteiger partial charge is 0.307 e. The number of thiocarbonyl (C=S) groups is 1. The van der Waals surface area contributed by atoms with Gasteiger partial charge in [-0.2, -0.15) is 0 Å². The molecule has 1 aromatic carbocycles. The number of aromatic nitrogens is 4. The molecule has 1 aromatic heterocycles. The third-order valence-electron chi connectivity index (χ3n) is 2.47. The highest BCUT2D eigenvalue weighted by Gasteiger charge is 2.21. The van der Waals surface area contributed by atoms with Gasteiger partial charge >= 0.3 is 0 Å². The van der Waals surface area contributed by atoms with Gasteiger partial charge in [-0.05, 0) is 33.8 Å². The number of aromatic amines is 1. The average Bonchev–Trinajstić information content (AvgIpc) is 3.01. The molecular weight excluding hydrogens is 282 g/mol. The van der Waals surface area contributed by atoms with E-state index < -0.39 is 0 Å². The van der Waals surface area contributed by atoms with Crippen molar-refractivity contribution in [2.24, 2.45) is 0 Å². The van der Waals surface area contributed by atoms with E-state index in [0.29, 0.717) is 10.8 Å². The highest BCUT2D eigenvalue weighted by atomic mass is 32.2. The van der Waals surface area contributed by atoms with Crippen LogP contribution < -0.4 is 5.32 Å². The number of carbonyl (C=O) groups excluding carboxylic acids is 1. The zero-order valence-electron chi connectivity index (χ0n) is 9.45. The van der Waals surface area contributed by atoms with E-state index in [9.17, 15) is 4.79 Å². The third-order valence-corrected chi connectivity index (χ3v) is 3.75. The molecule has 2 aromatic rings. The van der Waals surface area contributed by atoms with Crippen LogP contribution in [-0.4, -0.2) is 30.9 Å². The third kappa shape index (κ3) is 2.54. The monoisotopic (exact) mass is 289 g/mol. The number of rotatable bonds is 2. The fourth-order valence-corrected chi connectivity index (χ4v) is 2.62. The molecule has 6 nitrogen and oxygen atoms in total. The maximum Gasteiger partial charge on any atom is 0.289 e. The molecule has 0 atom stereocenters. The predicted octanol–water partition coefficient (Wildman–Crippen LogP) is 1.99. The molecule has 1 saturated heterocycles. The zero-order valence-corrected chi connectivity index (χ0v) is 11.1. The maximum absolute atomic E-state index is 11.2. The first kappa shape index (κ1) is 12.0. The van der Waals surface area contributed by atoms with Gasteiger partial charge in [-0.3, -0.25) is 4.79 Å². The normalized spacial score (nSPS) is 16.9. The van der Waals surface area contributed by atoms with Crippen LogP contribution in [0.4, 0.5) is 4.79 Å². The first-order valence-electron chi connectivity index (χ1n) is 5.31. The van der Waals surface area contributed by atoms with Crippen LogP contribution in [0.5, 0.6) is 0 Å². The fourth-order valence-electron chi connectivity index (χ4n) is 1.59. The first-order chi connectivity index (χ1) is 9.22. The Morgan fingerprint density at radius 2 is 2.05 bits per heavy atom. The number of amides is 1. The van der Waals surface area contributed by atoms with Crippen molar-refractivity contribution in [1.29, 1.82) is 0 Å². The molecule has 0 radical (unpaired) electrons. The number of nitrogens with zero attached hydrogens (tertiary/aromatic N) is 3. The second-order valence-electron chi connectivity index (χ2n) is 3.72. The highest BCUT2D eigenvalue weighted by Crippen LogP contribution is 2.27. The minimum absolute atomic E-state index is 0.138. The lowest BCUT2D eigenvalue weighted by atomic mass is 10.1. The molecule has 2 N–H and O–H groups in total. The van der Waals surface area contributed by atoms with Gasteiger partial charge in [-0.1, -0.05) is 36.5 Å². The summed E-state index contributed by atoms with van der Waals surface area (Å²) in [5.74, 6) is 0.613. The number of benzene rings is 1. The lowest BCUT2D eigenvalue weighted by Crippen LogP contribution is -2.15. The minimum atomic E-state index is -0.138. The summed E-state index contributed by atoms with van der Waals surface area (Å²) in [7, 11) is 0. The van der Waals surface area contributed by atoms with Crippen molar-refractivity contribution in [2.75, 3.05) is 0 Å². The number of carbonyl (C=O) groups is 1. The Morgan fingerprint density at radius 1 is 1.26 bits per heavy atom. The van der Waals surface area contributed by atoms with Crippen LogP contribution in [0.3, 0.4) is 0 Å². The Balaban J connectivity index is 1.86. The van der Waals surface area contributed by atoms with E-state index in [2.05, 4.69) is 25.9 Å². The van der Waals surface area contributed by atoms with E-state index in [1.807, 2.05) is 30.3 Å². The van der Waals surface area contributed by atoms with Crippen LogP contribution in [0.15, 0.2) is 29.2 Å². The molecule has 0 saturated carbocycles. The molecule has 1 amide bonds. The summed E-state index contributed by atoms with van der Waals surface area (Å²) >= 11 is 6.16. The topological polar surface area (TPSA) is 83.6 Å². The van der Waals surface area contributed by atoms with Gasteiger partial charge in [0.05, 0.1) is 4.91 Å². The Bertz CT molecular complexity index is 663. The minimum Gasteiger partial charge on any atom is -0.307 e. The van der Waals surface area contributed by atoms with Crippen molar-refractivity contribution in [2.45, 2.75) is 0 Å². The smallest absolute Gasteiger partial charge is 0.289 e. The van der Waals surface area contributed by atoms with Crippen molar-refractivity contribution < 1.29 is 4.79 Å². The van der Waals surface area contributed by atoms with Crippen molar-refractivity contribution >= 4 is 40.3 Å². The van der Waals surface area contributed by atoms with Gasteiger partial charge in [0.25, 0.3) is 5.24 Å². The quantitative estimate of drug-likeness (QED) is 0.650. The molecule has 0 aliphatic carbocycles. The summed E-state index contributed by atoms with van der Waals surface area (Å²) in [5.41, 5.74) is 1.85. The van der Waals surface area contributed by atoms with Crippen LogP contribution in [0.2, 0.25) is 0 Å². The number of thioether (sulfide) groups is 1. The Labute approximate surface area is 117 Å². The Kier molecular flexibility index (Phi) is 3.10. The molecule has 2 heterocycles. The van der Waals surface area contributed by atoms with E-state index >= 15 is 0 Å². The van der Waals surface area contributed by atoms with Crippen LogP contribution in [0.1, 0.15) is 5.56 Å². The van der Waals surface area contributed by atoms with Gasteiger partial charge in [-0.25, -0.2) is 5.10 Å². The number of H-pyrrole nitrogens is 1. The second-order valence-corrected chi connectivity index (χ2v) is 5.15. The molecule has 0 unspecified atom stereocenters. The van der Waals surface area contributed by atoms with Crippen LogP contribution >= 0.6 is 24.0 Å². The van der Waals surface area contributed by atoms with E-state index in [0.717, 1.165) is 27.8 Å². The van der Waals surface area contributed by atoms with Crippen LogP contribution in [0.25, 0.3) is 17.5 Å². The zero-order chi connectivity index (χ0) is 13.2. The lowest BCUT2D eigenvalue weighted by Gasteiger charge is -1.98. The van der Waals surface area contributed by atoms with E-state index in [1.54, 1.807) is 0 Å². The second kappa shape index (κ2) is 4.90. The van der Waals surface area contributed by atoms with Gasteiger partial charge in [0, 0.05) is 5.56 Å². The number of tetrazole rings is 1. The van der Waals surface area contributed by atoms with Gasteiger partial charge in [0.15, 0.2) is 5.82 Å². The van der Waals surface area contributed by atoms with E-state index in [1.165, 1.54) is 0 Å². The van der Waals surface area contributed by atoms with Crippen LogP contribution in [0, 0.1) is 0 Å². The molecule has 0 spiro atoms. The molecular formula is C11H7N5OS2. The molecule has 1 aliphatic rings. The predicted molar refractivity (Wildman–Crippen MR) is 76.3 cm³/mol. The summed E-state index contributed by atoms with van der Waals surface area (Å²) in [4.78, 5) is 12.4. The van der Waals surface area contributed by atoms with E-state index in [-0.39, 0.29) is 5.24 Å². The standard InChI is InChI=1S/C11H7N5OS2/c17-11-12-10(18)8(19-11)5-6-1-3-7(4-2-6)9-13-15-16-14-9/h1-5H,(H,12,17,18)(H,13,14,15,16)/b8-5-. The van der Waals surface area contributed by atoms with Crippen molar-refractivity contribution in [3.05, 3.63) is 34.7 Å². The summed E-state index contributed by atoms with van der Waals surface area (Å²) < 4.78 is 0. The van der Waals surface area contributed by atoms with E-state index in [4.69, 9.17) is 12.2 Å². The fraction of sp³-hybridized carbons (Fsp3) is 0. The summed E-state index contributed by atoms with van der Waals surface area (Å²) in [6.07, 6.45) is 1.87. The first-order valence-corrected chi connectivity index (χ1v) is 6.54. The summed E-state index contributed by atoms with van der Waals surface area (Å²) in [5, 5.41) is 16.0. The number of hydrogen-bond acceptors (Lipinski definition) is 6. The molecule has 94 valence electrons. The van der Waals surface area contributed by atoms with Gasteiger partial charge in [-0.15, -0.1) is 5.10 Å². The molecule has 1 fully saturated rings. The van der Waals surface area contributed by atoms with Gasteiger partial charge in [0.2, 0.25) is 0 Å². The van der Waals surface area contributed by atoms with Crippen molar-refractivity contribution in [3.63, 3.8) is 0 Å². The molecule has 19 heavy (non-hydrogen) atoms. The average molecular weight is 289 g/mol. The van der Waals surface area contributed by atoms with Gasteiger partial charge < -0.3 is 5.32 Å². The number of hydrogen-bond donors (Lipinski definition) is 2. The Morgan fingerprint density at radius 3 is 2.63 bits per heavy atom. The Hall–Kier alpha value is -2.06. The van der Waals surface area contributed by atoms with Crippen molar-refractivity contribution in [3.8, 4) is 11.4 Å². The maximum atomic E-state index is 11.2. The summed E-state index contributed by atoms with van der Waals surface area (Å²) in [6, 6.07) is 7.62. The SMILES string of the molecule is O=C1NC(=S)/C(=C/c2ccc(-c3nnn[nH]3)cc2)S1. The molecule has 0 bridgehead atoms. The van der Waals surface area contributed by atoms with Gasteiger partial charge in [0.1, 0.15) is 4.99 Å². The van der Waals surface area contributed by atoms with Crippen molar-refractivity contribution in [1.82, 2.24) is 25.9 Å². The van der Waals surface area contributed by atoms with Crippen LogP contribution in [-0.2, 0) is 0 Å². The summed E-state index contributed by atoms with van der Waals surface area (Å²) in [6.45, 7) is 0. The highest BCUT2D eigenvalue weighted by molar-refractivity contribution is 8.19. The lowest BCUT2D eigenvalue weighted by molar-refractivity contribution is 0.265.